The zero-order valence-electron chi connectivity index (χ0n) is 16.4. The minimum absolute atomic E-state index is 0.222. The number of carbonyl (C=O) groups is 1. The van der Waals surface area contributed by atoms with Crippen LogP contribution in [0, 0.1) is 27.7 Å². The molecule has 26 heavy (non-hydrogen) atoms. The highest BCUT2D eigenvalue weighted by Crippen LogP contribution is 2.19. The van der Waals surface area contributed by atoms with Crippen molar-refractivity contribution >= 4 is 11.7 Å². The van der Waals surface area contributed by atoms with Crippen LogP contribution in [0.25, 0.3) is 0 Å². The molecule has 7 heteroatoms. The van der Waals surface area contributed by atoms with Crippen LogP contribution in [0.15, 0.2) is 6.20 Å². The summed E-state index contributed by atoms with van der Waals surface area (Å²) in [6.45, 7) is 11.1. The van der Waals surface area contributed by atoms with Gasteiger partial charge in [-0.15, -0.1) is 0 Å². The van der Waals surface area contributed by atoms with Crippen LogP contribution >= 0.6 is 0 Å². The van der Waals surface area contributed by atoms with E-state index in [0.717, 1.165) is 61.2 Å². The van der Waals surface area contributed by atoms with Gasteiger partial charge in [0.1, 0.15) is 5.82 Å². The number of piperazine rings is 1. The molecule has 0 unspecified atom stereocenters. The topological polar surface area (TPSA) is 67.2 Å². The van der Waals surface area contributed by atoms with Crippen LogP contribution in [0.2, 0.25) is 0 Å². The van der Waals surface area contributed by atoms with Gasteiger partial charge in [0.25, 0.3) is 0 Å². The standard InChI is InChI=1S/C19H28N6O/c1-13-12-20-15(3)19(21-13)25-10-8-24(9-11-25)18(26)7-6-17-14(2)22-23(5)16(17)4/h12H,6-11H2,1-5H3. The normalized spacial score (nSPS) is 14.8. The monoisotopic (exact) mass is 356 g/mol. The number of hydrogen-bond donors (Lipinski definition) is 0. The summed E-state index contributed by atoms with van der Waals surface area (Å²) in [6.07, 6.45) is 3.09. The van der Waals surface area contributed by atoms with Gasteiger partial charge in [0, 0.05) is 51.5 Å². The van der Waals surface area contributed by atoms with Crippen molar-refractivity contribution in [1.82, 2.24) is 24.6 Å². The molecule has 0 radical (unpaired) electrons. The highest BCUT2D eigenvalue weighted by atomic mass is 16.2. The molecule has 140 valence electrons. The largest absolute Gasteiger partial charge is 0.352 e. The first kappa shape index (κ1) is 18.4. The molecule has 1 fully saturated rings. The van der Waals surface area contributed by atoms with Gasteiger partial charge in [-0.25, -0.2) is 4.98 Å². The lowest BCUT2D eigenvalue weighted by atomic mass is 10.1. The maximum absolute atomic E-state index is 12.6. The molecule has 0 atom stereocenters. The molecule has 0 aromatic carbocycles. The summed E-state index contributed by atoms with van der Waals surface area (Å²) in [5.41, 5.74) is 5.24. The number of amides is 1. The molecule has 1 amide bonds. The summed E-state index contributed by atoms with van der Waals surface area (Å²) in [5, 5.41) is 4.43. The first-order chi connectivity index (χ1) is 12.4. The third-order valence-corrected chi connectivity index (χ3v) is 5.23. The predicted octanol–water partition coefficient (Wildman–Crippen LogP) is 1.73. The molecule has 0 aliphatic carbocycles. The summed E-state index contributed by atoms with van der Waals surface area (Å²) < 4.78 is 1.89. The van der Waals surface area contributed by atoms with Gasteiger partial charge in [0.05, 0.1) is 17.1 Å². The molecule has 0 spiro atoms. The van der Waals surface area contributed by atoms with E-state index in [9.17, 15) is 4.79 Å². The van der Waals surface area contributed by atoms with Gasteiger partial charge in [0.2, 0.25) is 5.91 Å². The third kappa shape index (κ3) is 3.71. The van der Waals surface area contributed by atoms with Crippen LogP contribution in [0.4, 0.5) is 5.82 Å². The summed E-state index contributed by atoms with van der Waals surface area (Å²) in [7, 11) is 1.95. The van der Waals surface area contributed by atoms with Gasteiger partial charge < -0.3 is 9.80 Å². The molecular formula is C19H28N6O. The van der Waals surface area contributed by atoms with Crippen molar-refractivity contribution in [2.24, 2.45) is 7.05 Å². The van der Waals surface area contributed by atoms with E-state index >= 15 is 0 Å². The summed E-state index contributed by atoms with van der Waals surface area (Å²) in [5.74, 6) is 1.16. The van der Waals surface area contributed by atoms with E-state index in [-0.39, 0.29) is 5.91 Å². The number of carbonyl (C=O) groups excluding carboxylic acids is 1. The zero-order valence-corrected chi connectivity index (χ0v) is 16.4. The minimum Gasteiger partial charge on any atom is -0.352 e. The third-order valence-electron chi connectivity index (χ3n) is 5.23. The Bertz CT molecular complexity index is 805. The molecule has 0 saturated carbocycles. The van der Waals surface area contributed by atoms with Gasteiger partial charge in [-0.2, -0.15) is 5.10 Å². The van der Waals surface area contributed by atoms with Gasteiger partial charge in [-0.1, -0.05) is 0 Å². The van der Waals surface area contributed by atoms with Crippen LogP contribution in [-0.4, -0.2) is 56.7 Å². The van der Waals surface area contributed by atoms with Crippen LogP contribution in [0.5, 0.6) is 0 Å². The zero-order chi connectivity index (χ0) is 18.8. The van der Waals surface area contributed by atoms with Gasteiger partial charge >= 0.3 is 0 Å². The second-order valence-corrected chi connectivity index (χ2v) is 7.06. The second kappa shape index (κ2) is 7.43. The van der Waals surface area contributed by atoms with Gasteiger partial charge in [0.15, 0.2) is 0 Å². The number of rotatable bonds is 4. The number of hydrogen-bond acceptors (Lipinski definition) is 5. The molecule has 2 aromatic heterocycles. The van der Waals surface area contributed by atoms with E-state index in [4.69, 9.17) is 0 Å². The highest BCUT2D eigenvalue weighted by Gasteiger charge is 2.23. The lowest BCUT2D eigenvalue weighted by molar-refractivity contribution is -0.131. The Morgan fingerprint density at radius 1 is 1.08 bits per heavy atom. The number of aryl methyl sites for hydroxylation is 4. The van der Waals surface area contributed by atoms with Crippen molar-refractivity contribution in [3.63, 3.8) is 0 Å². The molecule has 0 N–H and O–H groups in total. The maximum Gasteiger partial charge on any atom is 0.223 e. The SMILES string of the molecule is Cc1cnc(C)c(N2CCN(C(=O)CCc3c(C)nn(C)c3C)CC2)n1. The van der Waals surface area contributed by atoms with Gasteiger partial charge in [-0.05, 0) is 39.7 Å². The second-order valence-electron chi connectivity index (χ2n) is 7.06. The molecule has 1 aliphatic heterocycles. The summed E-state index contributed by atoms with van der Waals surface area (Å²) in [6, 6.07) is 0. The Kier molecular flexibility index (Phi) is 5.25. The molecule has 2 aromatic rings. The Balaban J connectivity index is 1.56. The summed E-state index contributed by atoms with van der Waals surface area (Å²) >= 11 is 0. The summed E-state index contributed by atoms with van der Waals surface area (Å²) in [4.78, 5) is 25.8. The Hall–Kier alpha value is -2.44. The Morgan fingerprint density at radius 2 is 1.77 bits per heavy atom. The molecule has 1 saturated heterocycles. The van der Waals surface area contributed by atoms with Crippen LogP contribution in [0.3, 0.4) is 0 Å². The van der Waals surface area contributed by atoms with Crippen molar-refractivity contribution in [3.8, 4) is 0 Å². The maximum atomic E-state index is 12.6. The lowest BCUT2D eigenvalue weighted by Gasteiger charge is -2.36. The quantitative estimate of drug-likeness (QED) is 0.834. The average molecular weight is 356 g/mol. The van der Waals surface area contributed by atoms with E-state index in [2.05, 4.69) is 26.9 Å². The van der Waals surface area contributed by atoms with Crippen LogP contribution < -0.4 is 4.90 Å². The van der Waals surface area contributed by atoms with E-state index in [1.54, 1.807) is 6.20 Å². The fourth-order valence-electron chi connectivity index (χ4n) is 3.56. The number of anilines is 1. The first-order valence-corrected chi connectivity index (χ1v) is 9.19. The molecular weight excluding hydrogens is 328 g/mol. The molecule has 0 bridgehead atoms. The smallest absolute Gasteiger partial charge is 0.223 e. The van der Waals surface area contributed by atoms with Crippen molar-refractivity contribution < 1.29 is 4.79 Å². The predicted molar refractivity (Wildman–Crippen MR) is 101 cm³/mol. The number of nitrogens with zero attached hydrogens (tertiary/aromatic N) is 6. The number of aromatic nitrogens is 4. The fraction of sp³-hybridized carbons (Fsp3) is 0.579. The minimum atomic E-state index is 0.222. The molecule has 3 rings (SSSR count). The van der Waals surface area contributed by atoms with Crippen LogP contribution in [0.1, 0.15) is 34.8 Å². The van der Waals surface area contributed by atoms with E-state index in [1.165, 1.54) is 5.56 Å². The van der Waals surface area contributed by atoms with E-state index in [1.807, 2.05) is 37.4 Å². The van der Waals surface area contributed by atoms with Crippen molar-refractivity contribution in [1.29, 1.82) is 0 Å². The molecule has 3 heterocycles. The van der Waals surface area contributed by atoms with Crippen molar-refractivity contribution in [2.75, 3.05) is 31.1 Å². The fourth-order valence-corrected chi connectivity index (χ4v) is 3.56. The average Bonchev–Trinajstić information content (AvgIpc) is 2.87. The first-order valence-electron chi connectivity index (χ1n) is 9.19. The van der Waals surface area contributed by atoms with E-state index < -0.39 is 0 Å². The van der Waals surface area contributed by atoms with Crippen molar-refractivity contribution in [3.05, 3.63) is 34.5 Å². The Morgan fingerprint density at radius 3 is 2.38 bits per heavy atom. The van der Waals surface area contributed by atoms with Crippen molar-refractivity contribution in [2.45, 2.75) is 40.5 Å². The van der Waals surface area contributed by atoms with Crippen LogP contribution in [-0.2, 0) is 18.3 Å². The highest BCUT2D eigenvalue weighted by molar-refractivity contribution is 5.77. The van der Waals surface area contributed by atoms with Gasteiger partial charge in [-0.3, -0.25) is 14.5 Å². The molecule has 7 nitrogen and oxygen atoms in total. The Labute approximate surface area is 155 Å². The van der Waals surface area contributed by atoms with E-state index in [0.29, 0.717) is 6.42 Å². The lowest BCUT2D eigenvalue weighted by Crippen LogP contribution is -2.49. The molecule has 1 aliphatic rings.